The number of aromatic hydroxyl groups is 1. The van der Waals surface area contributed by atoms with Gasteiger partial charge in [-0.3, -0.25) is 0 Å². The van der Waals surface area contributed by atoms with Gasteiger partial charge in [0.2, 0.25) is 0 Å². The van der Waals surface area contributed by atoms with Crippen LogP contribution in [0.4, 0.5) is 0 Å². The van der Waals surface area contributed by atoms with Crippen molar-refractivity contribution in [3.05, 3.63) is 28.3 Å². The van der Waals surface area contributed by atoms with Gasteiger partial charge in [-0.05, 0) is 55.5 Å². The molecular formula is C13H18ClNO. The fraction of sp³-hybridized carbons (Fsp3) is 0.538. The molecule has 2 nitrogen and oxygen atoms in total. The van der Waals surface area contributed by atoms with Crippen LogP contribution in [0, 0.1) is 0 Å². The number of rotatable bonds is 3. The lowest BCUT2D eigenvalue weighted by atomic mass is 10.00. The fourth-order valence-electron chi connectivity index (χ4n) is 2.34. The molecule has 3 heteroatoms. The third-order valence-electron chi connectivity index (χ3n) is 3.24. The summed E-state index contributed by atoms with van der Waals surface area (Å²) in [5.74, 6) is 0.431. The van der Waals surface area contributed by atoms with E-state index >= 15 is 0 Å². The Labute approximate surface area is 102 Å². The Balaban J connectivity index is 2.21. The van der Waals surface area contributed by atoms with E-state index in [0.29, 0.717) is 11.8 Å². The van der Waals surface area contributed by atoms with Crippen LogP contribution in [0.3, 0.4) is 0 Å². The van der Waals surface area contributed by atoms with Gasteiger partial charge in [0.25, 0.3) is 0 Å². The van der Waals surface area contributed by atoms with Crippen LogP contribution < -0.4 is 5.32 Å². The van der Waals surface area contributed by atoms with E-state index < -0.39 is 0 Å². The summed E-state index contributed by atoms with van der Waals surface area (Å²) >= 11 is 6.05. The minimum absolute atomic E-state index is 0.431. The highest BCUT2D eigenvalue weighted by atomic mass is 35.5. The molecule has 1 atom stereocenters. The average molecular weight is 240 g/mol. The van der Waals surface area contributed by atoms with Gasteiger partial charge in [-0.25, -0.2) is 0 Å². The number of halogens is 1. The van der Waals surface area contributed by atoms with Crippen molar-refractivity contribution in [2.24, 2.45) is 0 Å². The molecule has 1 heterocycles. The Morgan fingerprint density at radius 1 is 1.44 bits per heavy atom. The topological polar surface area (TPSA) is 32.3 Å². The van der Waals surface area contributed by atoms with Gasteiger partial charge in [0, 0.05) is 11.1 Å². The normalized spacial score (nSPS) is 20.2. The summed E-state index contributed by atoms with van der Waals surface area (Å²) in [4.78, 5) is 0. The average Bonchev–Trinajstić information content (AvgIpc) is 2.75. The Kier molecular flexibility index (Phi) is 3.72. The van der Waals surface area contributed by atoms with Gasteiger partial charge in [0.1, 0.15) is 5.75 Å². The zero-order chi connectivity index (χ0) is 11.5. The van der Waals surface area contributed by atoms with Crippen molar-refractivity contribution in [3.8, 4) is 5.75 Å². The summed E-state index contributed by atoms with van der Waals surface area (Å²) in [6.45, 7) is 3.12. The van der Waals surface area contributed by atoms with E-state index in [-0.39, 0.29) is 0 Å². The first kappa shape index (κ1) is 11.7. The van der Waals surface area contributed by atoms with Gasteiger partial charge in [-0.15, -0.1) is 0 Å². The molecule has 1 fully saturated rings. The predicted molar refractivity (Wildman–Crippen MR) is 67.2 cm³/mol. The SMILES string of the molecule is CCc1cc(Cl)cc(CC2CCCN2)c1O. The molecule has 88 valence electrons. The maximum absolute atomic E-state index is 10.1. The van der Waals surface area contributed by atoms with Crippen molar-refractivity contribution < 1.29 is 5.11 Å². The Bertz CT molecular complexity index is 372. The summed E-state index contributed by atoms with van der Waals surface area (Å²) in [5.41, 5.74) is 1.92. The van der Waals surface area contributed by atoms with Gasteiger partial charge in [-0.2, -0.15) is 0 Å². The van der Waals surface area contributed by atoms with Crippen LogP contribution in [-0.4, -0.2) is 17.7 Å². The van der Waals surface area contributed by atoms with Crippen LogP contribution in [-0.2, 0) is 12.8 Å². The maximum atomic E-state index is 10.1. The molecule has 1 saturated heterocycles. The van der Waals surface area contributed by atoms with Crippen molar-refractivity contribution in [2.75, 3.05) is 6.54 Å². The minimum atomic E-state index is 0.431. The Morgan fingerprint density at radius 3 is 2.81 bits per heavy atom. The smallest absolute Gasteiger partial charge is 0.122 e. The highest BCUT2D eigenvalue weighted by molar-refractivity contribution is 6.30. The number of hydrogen-bond acceptors (Lipinski definition) is 2. The van der Waals surface area contributed by atoms with Gasteiger partial charge in [-0.1, -0.05) is 18.5 Å². The zero-order valence-corrected chi connectivity index (χ0v) is 10.3. The molecule has 1 unspecified atom stereocenters. The first-order chi connectivity index (χ1) is 7.70. The van der Waals surface area contributed by atoms with Gasteiger partial charge in [0.05, 0.1) is 0 Å². The molecular weight excluding hydrogens is 222 g/mol. The van der Waals surface area contributed by atoms with Crippen LogP contribution in [0.5, 0.6) is 5.75 Å². The van der Waals surface area contributed by atoms with Crippen LogP contribution in [0.2, 0.25) is 5.02 Å². The van der Waals surface area contributed by atoms with Crippen LogP contribution >= 0.6 is 11.6 Å². The number of phenolic OH excluding ortho intramolecular Hbond substituents is 1. The zero-order valence-electron chi connectivity index (χ0n) is 9.59. The van der Waals surface area contributed by atoms with Gasteiger partial charge >= 0.3 is 0 Å². The monoisotopic (exact) mass is 239 g/mol. The quantitative estimate of drug-likeness (QED) is 0.850. The fourth-order valence-corrected chi connectivity index (χ4v) is 2.60. The molecule has 2 rings (SSSR count). The molecule has 0 amide bonds. The van der Waals surface area contributed by atoms with Crippen LogP contribution in [0.15, 0.2) is 12.1 Å². The number of hydrogen-bond donors (Lipinski definition) is 2. The largest absolute Gasteiger partial charge is 0.507 e. The van der Waals surface area contributed by atoms with E-state index in [1.807, 2.05) is 19.1 Å². The van der Waals surface area contributed by atoms with Gasteiger partial charge < -0.3 is 10.4 Å². The van der Waals surface area contributed by atoms with E-state index in [2.05, 4.69) is 5.32 Å². The summed E-state index contributed by atoms with van der Waals surface area (Å²) in [7, 11) is 0. The second-order valence-electron chi connectivity index (χ2n) is 4.42. The molecule has 2 N–H and O–H groups in total. The molecule has 1 aromatic carbocycles. The van der Waals surface area contributed by atoms with Crippen LogP contribution in [0.1, 0.15) is 30.9 Å². The van der Waals surface area contributed by atoms with Gasteiger partial charge in [0.15, 0.2) is 0 Å². The molecule has 16 heavy (non-hydrogen) atoms. The van der Waals surface area contributed by atoms with E-state index in [1.54, 1.807) is 0 Å². The third-order valence-corrected chi connectivity index (χ3v) is 3.46. The molecule has 0 bridgehead atoms. The van der Waals surface area contributed by atoms with Crippen molar-refractivity contribution in [1.29, 1.82) is 0 Å². The second kappa shape index (κ2) is 5.07. The molecule has 1 aromatic rings. The minimum Gasteiger partial charge on any atom is -0.507 e. The number of phenols is 1. The Morgan fingerprint density at radius 2 is 2.19 bits per heavy atom. The first-order valence-corrected chi connectivity index (χ1v) is 6.32. The maximum Gasteiger partial charge on any atom is 0.122 e. The van der Waals surface area contributed by atoms with E-state index in [0.717, 1.165) is 35.5 Å². The van der Waals surface area contributed by atoms with Crippen molar-refractivity contribution in [1.82, 2.24) is 5.32 Å². The summed E-state index contributed by atoms with van der Waals surface area (Å²) < 4.78 is 0. The lowest BCUT2D eigenvalue weighted by Crippen LogP contribution is -2.23. The van der Waals surface area contributed by atoms with E-state index in [1.165, 1.54) is 12.8 Å². The van der Waals surface area contributed by atoms with Crippen molar-refractivity contribution in [2.45, 2.75) is 38.6 Å². The molecule has 1 aliphatic rings. The predicted octanol–water partition coefficient (Wildman–Crippen LogP) is 2.90. The highest BCUT2D eigenvalue weighted by Crippen LogP contribution is 2.29. The summed E-state index contributed by atoms with van der Waals surface area (Å²) in [5, 5.41) is 14.2. The number of aryl methyl sites for hydroxylation is 1. The lowest BCUT2D eigenvalue weighted by molar-refractivity contribution is 0.456. The first-order valence-electron chi connectivity index (χ1n) is 5.94. The summed E-state index contributed by atoms with van der Waals surface area (Å²) in [6, 6.07) is 4.23. The lowest BCUT2D eigenvalue weighted by Gasteiger charge is -2.14. The molecule has 0 radical (unpaired) electrons. The van der Waals surface area contributed by atoms with Crippen molar-refractivity contribution in [3.63, 3.8) is 0 Å². The molecule has 0 spiro atoms. The second-order valence-corrected chi connectivity index (χ2v) is 4.86. The molecule has 0 aliphatic carbocycles. The van der Waals surface area contributed by atoms with E-state index in [4.69, 9.17) is 11.6 Å². The van der Waals surface area contributed by atoms with Crippen LogP contribution in [0.25, 0.3) is 0 Å². The molecule has 1 aliphatic heterocycles. The third kappa shape index (κ3) is 2.50. The van der Waals surface area contributed by atoms with Crippen molar-refractivity contribution >= 4 is 11.6 Å². The number of benzene rings is 1. The van der Waals surface area contributed by atoms with E-state index in [9.17, 15) is 5.11 Å². The Hall–Kier alpha value is -0.730. The standard InChI is InChI=1S/C13H18ClNO/c1-2-9-6-11(14)7-10(13(9)16)8-12-4-3-5-15-12/h6-7,12,15-16H,2-5,8H2,1H3. The number of nitrogens with one attached hydrogen (secondary N) is 1. The highest BCUT2D eigenvalue weighted by Gasteiger charge is 2.17. The molecule has 0 aromatic heterocycles. The summed E-state index contributed by atoms with van der Waals surface area (Å²) in [6.07, 6.45) is 4.11. The molecule has 0 saturated carbocycles.